The second-order valence-corrected chi connectivity index (χ2v) is 4.66. The summed E-state index contributed by atoms with van der Waals surface area (Å²) in [5.74, 6) is 0.792. The molecule has 0 radical (unpaired) electrons. The maximum absolute atomic E-state index is 5.73. The summed E-state index contributed by atoms with van der Waals surface area (Å²) in [4.78, 5) is 4.06. The maximum Gasteiger partial charge on any atom is 0.129 e. The predicted octanol–water partition coefficient (Wildman–Crippen LogP) is 2.25. The molecule has 1 aliphatic carbocycles. The topological polar surface area (TPSA) is 34.1 Å². The maximum atomic E-state index is 5.73. The number of rotatable bonds is 6. The van der Waals surface area contributed by atoms with E-state index < -0.39 is 0 Å². The Morgan fingerprint density at radius 2 is 2.38 bits per heavy atom. The van der Waals surface area contributed by atoms with E-state index in [4.69, 9.17) is 16.3 Å². The quantitative estimate of drug-likeness (QED) is 0.775. The monoisotopic (exact) mass is 240 g/mol. The Bertz CT molecular complexity index is 324. The summed E-state index contributed by atoms with van der Waals surface area (Å²) in [7, 11) is 1.75. The lowest BCUT2D eigenvalue weighted by Gasteiger charge is -2.17. The smallest absolute Gasteiger partial charge is 0.129 e. The largest absolute Gasteiger partial charge is 0.383 e. The van der Waals surface area contributed by atoms with Crippen molar-refractivity contribution in [3.05, 3.63) is 29.0 Å². The lowest BCUT2D eigenvalue weighted by atomic mass is 10.2. The minimum Gasteiger partial charge on any atom is -0.383 e. The Morgan fingerprint density at radius 3 is 2.94 bits per heavy atom. The van der Waals surface area contributed by atoms with E-state index in [-0.39, 0.29) is 0 Å². The number of hydrogen-bond acceptors (Lipinski definition) is 3. The average molecular weight is 241 g/mol. The molecule has 0 bridgehead atoms. The molecule has 1 aliphatic rings. The van der Waals surface area contributed by atoms with Crippen LogP contribution in [-0.2, 0) is 11.3 Å². The molecule has 0 aliphatic heterocycles. The standard InChI is InChI=1S/C12H17ClN2O/c1-16-8-11(10-3-4-10)14-6-9-2-5-12(13)15-7-9/h2,5,7,10-11,14H,3-4,6,8H2,1H3. The number of nitrogens with zero attached hydrogens (tertiary/aromatic N) is 1. The third kappa shape index (κ3) is 3.44. The third-order valence-corrected chi connectivity index (χ3v) is 3.12. The molecule has 16 heavy (non-hydrogen) atoms. The highest BCUT2D eigenvalue weighted by Crippen LogP contribution is 2.32. The van der Waals surface area contributed by atoms with Gasteiger partial charge in [0.2, 0.25) is 0 Å². The van der Waals surface area contributed by atoms with Crippen LogP contribution in [0.5, 0.6) is 0 Å². The molecule has 1 aromatic heterocycles. The highest BCUT2D eigenvalue weighted by atomic mass is 35.5. The summed E-state index contributed by atoms with van der Waals surface area (Å²) >= 11 is 5.73. The molecule has 4 heteroatoms. The Morgan fingerprint density at radius 1 is 1.56 bits per heavy atom. The predicted molar refractivity (Wildman–Crippen MR) is 64.5 cm³/mol. The summed E-state index contributed by atoms with van der Waals surface area (Å²) in [5, 5.41) is 4.05. The van der Waals surface area contributed by atoms with Gasteiger partial charge in [0.1, 0.15) is 5.15 Å². The van der Waals surface area contributed by atoms with Gasteiger partial charge in [-0.15, -0.1) is 0 Å². The minimum absolute atomic E-state index is 0.473. The number of halogens is 1. The zero-order valence-electron chi connectivity index (χ0n) is 9.45. The van der Waals surface area contributed by atoms with Gasteiger partial charge in [-0.05, 0) is 30.4 Å². The summed E-state index contributed by atoms with van der Waals surface area (Å²) in [6.07, 6.45) is 4.45. The van der Waals surface area contributed by atoms with E-state index in [1.54, 1.807) is 7.11 Å². The molecular weight excluding hydrogens is 224 g/mol. The van der Waals surface area contributed by atoms with Crippen LogP contribution in [0, 0.1) is 5.92 Å². The van der Waals surface area contributed by atoms with Gasteiger partial charge < -0.3 is 10.1 Å². The molecule has 0 amide bonds. The van der Waals surface area contributed by atoms with Crippen LogP contribution in [-0.4, -0.2) is 24.7 Å². The van der Waals surface area contributed by atoms with Crippen molar-refractivity contribution >= 4 is 11.6 Å². The first-order valence-electron chi connectivity index (χ1n) is 5.62. The van der Waals surface area contributed by atoms with Crippen molar-refractivity contribution in [2.45, 2.75) is 25.4 Å². The van der Waals surface area contributed by atoms with Crippen LogP contribution >= 0.6 is 11.6 Å². The molecule has 1 aromatic rings. The molecule has 0 saturated heterocycles. The lowest BCUT2D eigenvalue weighted by Crippen LogP contribution is -2.34. The van der Waals surface area contributed by atoms with E-state index in [1.165, 1.54) is 12.8 Å². The number of ether oxygens (including phenoxy) is 1. The second-order valence-electron chi connectivity index (χ2n) is 4.27. The molecule has 1 fully saturated rings. The third-order valence-electron chi connectivity index (χ3n) is 2.89. The summed E-state index contributed by atoms with van der Waals surface area (Å²) in [6.45, 7) is 1.61. The molecule has 1 N–H and O–H groups in total. The van der Waals surface area contributed by atoms with Crippen molar-refractivity contribution in [3.8, 4) is 0 Å². The molecular formula is C12H17ClN2O. The molecule has 88 valence electrons. The molecule has 1 saturated carbocycles. The number of hydrogen-bond donors (Lipinski definition) is 1. The summed E-state index contributed by atoms with van der Waals surface area (Å²) < 4.78 is 5.21. The zero-order chi connectivity index (χ0) is 11.4. The number of nitrogens with one attached hydrogen (secondary N) is 1. The van der Waals surface area contributed by atoms with Gasteiger partial charge in [-0.3, -0.25) is 0 Å². The Hall–Kier alpha value is -0.640. The van der Waals surface area contributed by atoms with Gasteiger partial charge in [0.25, 0.3) is 0 Å². The summed E-state index contributed by atoms with van der Waals surface area (Å²) in [5.41, 5.74) is 1.16. The highest BCUT2D eigenvalue weighted by molar-refractivity contribution is 6.29. The first-order valence-corrected chi connectivity index (χ1v) is 6.00. The van der Waals surface area contributed by atoms with Crippen LogP contribution in [0.1, 0.15) is 18.4 Å². The van der Waals surface area contributed by atoms with Gasteiger partial charge in [0.05, 0.1) is 6.61 Å². The van der Waals surface area contributed by atoms with Gasteiger partial charge in [-0.25, -0.2) is 4.98 Å². The molecule has 0 spiro atoms. The van der Waals surface area contributed by atoms with Crippen LogP contribution in [0.2, 0.25) is 5.15 Å². The van der Waals surface area contributed by atoms with Gasteiger partial charge in [-0.1, -0.05) is 17.7 Å². The second kappa shape index (κ2) is 5.62. The van der Waals surface area contributed by atoms with Crippen LogP contribution in [0.25, 0.3) is 0 Å². The van der Waals surface area contributed by atoms with Gasteiger partial charge >= 0.3 is 0 Å². The van der Waals surface area contributed by atoms with Crippen molar-refractivity contribution < 1.29 is 4.74 Å². The number of aromatic nitrogens is 1. The SMILES string of the molecule is COCC(NCc1ccc(Cl)nc1)C1CC1. The van der Waals surface area contributed by atoms with Crippen molar-refractivity contribution in [3.63, 3.8) is 0 Å². The van der Waals surface area contributed by atoms with E-state index in [9.17, 15) is 0 Å². The fourth-order valence-corrected chi connectivity index (χ4v) is 1.91. The van der Waals surface area contributed by atoms with Crippen LogP contribution in [0.15, 0.2) is 18.3 Å². The minimum atomic E-state index is 0.473. The normalized spacial score (nSPS) is 17.4. The fraction of sp³-hybridized carbons (Fsp3) is 0.583. The van der Waals surface area contributed by atoms with E-state index >= 15 is 0 Å². The first kappa shape index (κ1) is 11.8. The lowest BCUT2D eigenvalue weighted by molar-refractivity contribution is 0.157. The van der Waals surface area contributed by atoms with Crippen LogP contribution in [0.3, 0.4) is 0 Å². The fourth-order valence-electron chi connectivity index (χ4n) is 1.80. The van der Waals surface area contributed by atoms with Crippen molar-refractivity contribution in [1.29, 1.82) is 0 Å². The molecule has 3 nitrogen and oxygen atoms in total. The average Bonchev–Trinajstić information content (AvgIpc) is 3.10. The van der Waals surface area contributed by atoms with Gasteiger partial charge in [0, 0.05) is 25.9 Å². The van der Waals surface area contributed by atoms with Gasteiger partial charge in [0.15, 0.2) is 0 Å². The first-order chi connectivity index (χ1) is 7.79. The van der Waals surface area contributed by atoms with E-state index in [0.717, 1.165) is 24.6 Å². The molecule has 1 unspecified atom stereocenters. The van der Waals surface area contributed by atoms with Crippen molar-refractivity contribution in [1.82, 2.24) is 10.3 Å². The highest BCUT2D eigenvalue weighted by Gasteiger charge is 2.30. The van der Waals surface area contributed by atoms with Gasteiger partial charge in [-0.2, -0.15) is 0 Å². The Balaban J connectivity index is 1.82. The molecule has 1 atom stereocenters. The summed E-state index contributed by atoms with van der Waals surface area (Å²) in [6, 6.07) is 4.29. The molecule has 0 aromatic carbocycles. The van der Waals surface area contributed by atoms with Crippen LogP contribution in [0.4, 0.5) is 0 Å². The van der Waals surface area contributed by atoms with Crippen LogP contribution < -0.4 is 5.32 Å². The molecule has 2 rings (SSSR count). The van der Waals surface area contributed by atoms with E-state index in [2.05, 4.69) is 10.3 Å². The van der Waals surface area contributed by atoms with Crippen molar-refractivity contribution in [2.24, 2.45) is 5.92 Å². The van der Waals surface area contributed by atoms with E-state index in [0.29, 0.717) is 11.2 Å². The number of methoxy groups -OCH3 is 1. The zero-order valence-corrected chi connectivity index (χ0v) is 10.2. The Labute approximate surface area is 101 Å². The Kier molecular flexibility index (Phi) is 4.16. The van der Waals surface area contributed by atoms with E-state index in [1.807, 2.05) is 18.3 Å². The van der Waals surface area contributed by atoms with Crippen molar-refractivity contribution in [2.75, 3.05) is 13.7 Å². The molecule has 1 heterocycles. The number of pyridine rings is 1.